The lowest BCUT2D eigenvalue weighted by Gasteiger charge is -2.11. The number of rotatable bonds is 8. The predicted molar refractivity (Wildman–Crippen MR) is 137 cm³/mol. The van der Waals surface area contributed by atoms with E-state index in [2.05, 4.69) is 25.1 Å². The maximum absolute atomic E-state index is 12.6. The van der Waals surface area contributed by atoms with E-state index < -0.39 is 5.97 Å². The molecule has 3 aromatic heterocycles. The molecule has 0 spiro atoms. The molecule has 0 aliphatic heterocycles. The first-order chi connectivity index (χ1) is 17.6. The Labute approximate surface area is 210 Å². The monoisotopic (exact) mass is 498 g/mol. The number of imidazole rings is 1. The molecule has 3 heterocycles. The van der Waals surface area contributed by atoms with E-state index in [4.69, 9.17) is 4.74 Å². The normalized spacial score (nSPS) is 11.9. The Hall–Kier alpha value is -4.44. The van der Waals surface area contributed by atoms with Gasteiger partial charge in [0.1, 0.15) is 17.2 Å². The van der Waals surface area contributed by atoms with Gasteiger partial charge in [-0.1, -0.05) is 54.2 Å². The molecule has 180 valence electrons. The van der Waals surface area contributed by atoms with Gasteiger partial charge in [-0.15, -0.1) is 10.2 Å². The Kier molecular flexibility index (Phi) is 6.76. The topological polar surface area (TPSA) is 119 Å². The zero-order valence-corrected chi connectivity index (χ0v) is 20.1. The van der Waals surface area contributed by atoms with Gasteiger partial charge in [0.15, 0.2) is 11.0 Å². The maximum Gasteiger partial charge on any atom is 0.345 e. The second-order valence-corrected chi connectivity index (χ2v) is 8.76. The van der Waals surface area contributed by atoms with Crippen molar-refractivity contribution in [2.75, 3.05) is 12.9 Å². The van der Waals surface area contributed by atoms with Crippen molar-refractivity contribution in [2.45, 2.75) is 11.7 Å². The number of aromatic amines is 1. The van der Waals surface area contributed by atoms with Gasteiger partial charge in [0.25, 0.3) is 0 Å². The van der Waals surface area contributed by atoms with Crippen LogP contribution < -0.4 is 0 Å². The number of para-hydroxylation sites is 2. The summed E-state index contributed by atoms with van der Waals surface area (Å²) in [7, 11) is 1.27. The number of carbonyl (C=O) groups excluding carboxylic acids is 1. The molecular weight excluding hydrogens is 476 g/mol. The van der Waals surface area contributed by atoms with E-state index >= 15 is 0 Å². The fraction of sp³-hybridized carbons (Fsp3) is 0.115. The summed E-state index contributed by atoms with van der Waals surface area (Å²) in [4.78, 5) is 24.2. The van der Waals surface area contributed by atoms with Crippen LogP contribution in [-0.4, -0.2) is 53.7 Å². The van der Waals surface area contributed by atoms with Crippen LogP contribution >= 0.6 is 11.8 Å². The fourth-order valence-electron chi connectivity index (χ4n) is 3.75. The summed E-state index contributed by atoms with van der Waals surface area (Å²) < 4.78 is 6.91. The Morgan fingerprint density at radius 2 is 1.78 bits per heavy atom. The van der Waals surface area contributed by atoms with E-state index in [1.807, 2.05) is 71.3 Å². The highest BCUT2D eigenvalue weighted by Crippen LogP contribution is 2.28. The van der Waals surface area contributed by atoms with Crippen LogP contribution in [0.1, 0.15) is 11.4 Å². The minimum absolute atomic E-state index is 0.0234. The van der Waals surface area contributed by atoms with Gasteiger partial charge in [-0.05, 0) is 29.8 Å². The van der Waals surface area contributed by atoms with Gasteiger partial charge in [-0.3, -0.25) is 9.55 Å². The number of fused-ring (bicyclic) bond motifs is 1. The van der Waals surface area contributed by atoms with E-state index in [9.17, 15) is 9.90 Å². The van der Waals surface area contributed by atoms with Crippen LogP contribution in [-0.2, 0) is 16.1 Å². The molecule has 9 nitrogen and oxygen atoms in total. The zero-order valence-electron chi connectivity index (χ0n) is 19.3. The molecule has 0 amide bonds. The number of thioether (sulfide) groups is 1. The minimum Gasteiger partial charge on any atom is -0.510 e. The third kappa shape index (κ3) is 4.84. The number of benzene rings is 2. The molecule has 10 heteroatoms. The van der Waals surface area contributed by atoms with Crippen LogP contribution in [0, 0.1) is 0 Å². The summed E-state index contributed by atoms with van der Waals surface area (Å²) >= 11 is 1.26. The first-order valence-corrected chi connectivity index (χ1v) is 12.1. The van der Waals surface area contributed by atoms with Gasteiger partial charge in [-0.2, -0.15) is 0 Å². The van der Waals surface area contributed by atoms with Crippen LogP contribution in [0.4, 0.5) is 0 Å². The first kappa shape index (κ1) is 23.3. The average Bonchev–Trinajstić information content (AvgIpc) is 3.52. The van der Waals surface area contributed by atoms with E-state index in [1.165, 1.54) is 18.9 Å². The lowest BCUT2D eigenvalue weighted by atomic mass is 10.2. The Morgan fingerprint density at radius 1 is 1.03 bits per heavy atom. The molecule has 5 rings (SSSR count). The van der Waals surface area contributed by atoms with Gasteiger partial charge in [0.05, 0.1) is 30.4 Å². The summed E-state index contributed by atoms with van der Waals surface area (Å²) in [6, 6.07) is 21.1. The SMILES string of the molecule is COC(=O)/C(=C(/O)CSc1nnc(-c2ccncc2)n1Cc1ccccc1)c1nc2ccccc2[nH]1. The highest BCUT2D eigenvalue weighted by atomic mass is 32.2. The van der Waals surface area contributed by atoms with E-state index in [-0.39, 0.29) is 22.9 Å². The third-order valence-corrected chi connectivity index (χ3v) is 6.46. The molecule has 0 fully saturated rings. The van der Waals surface area contributed by atoms with Crippen molar-refractivity contribution < 1.29 is 14.6 Å². The van der Waals surface area contributed by atoms with Crippen molar-refractivity contribution >= 4 is 34.3 Å². The number of methoxy groups -OCH3 is 1. The Morgan fingerprint density at radius 3 is 2.53 bits per heavy atom. The number of hydrogen-bond donors (Lipinski definition) is 2. The van der Waals surface area contributed by atoms with Crippen molar-refractivity contribution in [1.29, 1.82) is 0 Å². The largest absolute Gasteiger partial charge is 0.510 e. The number of H-pyrrole nitrogens is 1. The second kappa shape index (κ2) is 10.4. The summed E-state index contributed by atoms with van der Waals surface area (Å²) in [6.07, 6.45) is 3.41. The minimum atomic E-state index is -0.685. The molecule has 0 atom stereocenters. The van der Waals surface area contributed by atoms with Gasteiger partial charge >= 0.3 is 5.97 Å². The standard InChI is InChI=1S/C26H22N6O3S/c1-35-25(34)22(23-28-19-9-5-6-10-20(19)29-23)21(33)16-36-26-31-30-24(18-11-13-27-14-12-18)32(26)15-17-7-3-2-4-8-17/h2-14,33H,15-16H2,1H3,(H,28,29)/b22-21+. The average molecular weight is 499 g/mol. The number of aliphatic hydroxyl groups excluding tert-OH is 1. The number of hydrogen-bond acceptors (Lipinski definition) is 8. The number of esters is 1. The molecule has 5 aromatic rings. The van der Waals surface area contributed by atoms with E-state index in [0.717, 1.165) is 16.6 Å². The van der Waals surface area contributed by atoms with Gasteiger partial charge in [0.2, 0.25) is 0 Å². The molecule has 0 saturated carbocycles. The molecule has 0 aliphatic carbocycles. The molecule has 0 bridgehead atoms. The Bertz CT molecular complexity index is 1500. The van der Waals surface area contributed by atoms with Crippen molar-refractivity contribution in [3.05, 3.63) is 96.3 Å². The van der Waals surface area contributed by atoms with Gasteiger partial charge in [0, 0.05) is 18.0 Å². The van der Waals surface area contributed by atoms with Gasteiger partial charge < -0.3 is 14.8 Å². The number of pyridine rings is 1. The van der Waals surface area contributed by atoms with E-state index in [1.54, 1.807) is 12.4 Å². The van der Waals surface area contributed by atoms with Crippen LogP contribution in [0.3, 0.4) is 0 Å². The predicted octanol–water partition coefficient (Wildman–Crippen LogP) is 4.50. The maximum atomic E-state index is 12.6. The van der Waals surface area contributed by atoms with Crippen LogP contribution in [0.2, 0.25) is 0 Å². The Balaban J connectivity index is 1.48. The molecule has 36 heavy (non-hydrogen) atoms. The van der Waals surface area contributed by atoms with Crippen molar-refractivity contribution in [3.8, 4) is 11.4 Å². The highest BCUT2D eigenvalue weighted by molar-refractivity contribution is 7.99. The summed E-state index contributed by atoms with van der Waals surface area (Å²) in [5.41, 5.74) is 3.35. The number of aliphatic hydroxyl groups is 1. The first-order valence-electron chi connectivity index (χ1n) is 11.1. The molecule has 0 aliphatic rings. The smallest absolute Gasteiger partial charge is 0.345 e. The summed E-state index contributed by atoms with van der Waals surface area (Å²) in [6.45, 7) is 0.533. The highest BCUT2D eigenvalue weighted by Gasteiger charge is 2.23. The van der Waals surface area contributed by atoms with Crippen molar-refractivity contribution in [2.24, 2.45) is 0 Å². The number of aromatic nitrogens is 6. The number of carbonyl (C=O) groups is 1. The molecule has 0 saturated heterocycles. The number of nitrogens with one attached hydrogen (secondary N) is 1. The van der Waals surface area contributed by atoms with Crippen molar-refractivity contribution in [1.82, 2.24) is 29.7 Å². The van der Waals surface area contributed by atoms with Crippen LogP contribution in [0.25, 0.3) is 28.0 Å². The fourth-order valence-corrected chi connectivity index (χ4v) is 4.56. The zero-order chi connectivity index (χ0) is 24.9. The van der Waals surface area contributed by atoms with Gasteiger partial charge in [-0.25, -0.2) is 9.78 Å². The molecular formula is C26H22N6O3S. The number of ether oxygens (including phenoxy) is 1. The third-order valence-electron chi connectivity index (χ3n) is 5.48. The second-order valence-electron chi connectivity index (χ2n) is 7.82. The number of nitrogens with zero attached hydrogens (tertiary/aromatic N) is 5. The molecule has 2 N–H and O–H groups in total. The lowest BCUT2D eigenvalue weighted by Crippen LogP contribution is -2.10. The summed E-state index contributed by atoms with van der Waals surface area (Å²) in [5, 5.41) is 20.4. The lowest BCUT2D eigenvalue weighted by molar-refractivity contribution is -0.133. The summed E-state index contributed by atoms with van der Waals surface area (Å²) in [5.74, 6) is 0.119. The molecule has 2 aromatic carbocycles. The van der Waals surface area contributed by atoms with Crippen LogP contribution in [0.5, 0.6) is 0 Å². The van der Waals surface area contributed by atoms with Crippen LogP contribution in [0.15, 0.2) is 90.0 Å². The van der Waals surface area contributed by atoms with E-state index in [0.29, 0.717) is 23.0 Å². The molecule has 0 unspecified atom stereocenters. The molecule has 0 radical (unpaired) electrons. The van der Waals surface area contributed by atoms with Crippen molar-refractivity contribution in [3.63, 3.8) is 0 Å². The quantitative estimate of drug-likeness (QED) is 0.139.